The van der Waals surface area contributed by atoms with E-state index in [1.807, 2.05) is 6.20 Å². The topological polar surface area (TPSA) is 38.9 Å². The smallest absolute Gasteiger partial charge is 0.0410 e. The second-order valence-electron chi connectivity index (χ2n) is 4.85. The van der Waals surface area contributed by atoms with Crippen LogP contribution in [0.15, 0.2) is 53.3 Å². The quantitative estimate of drug-likeness (QED) is 0.881. The van der Waals surface area contributed by atoms with Gasteiger partial charge in [0.1, 0.15) is 0 Å². The van der Waals surface area contributed by atoms with Crippen LogP contribution in [-0.4, -0.2) is 11.0 Å². The number of benzene rings is 1. The van der Waals surface area contributed by atoms with Gasteiger partial charge in [-0.1, -0.05) is 30.3 Å². The number of hydrogen-bond donors (Lipinski definition) is 1. The van der Waals surface area contributed by atoms with E-state index in [1.54, 1.807) is 6.20 Å². The highest BCUT2D eigenvalue weighted by Gasteiger charge is 2.05. The molecule has 0 aliphatic rings. The van der Waals surface area contributed by atoms with Crippen molar-refractivity contribution in [1.82, 2.24) is 4.98 Å². The minimum Gasteiger partial charge on any atom is -0.327 e. The number of halogens is 1. The normalized spacial score (nSPS) is 12.3. The molecule has 2 N–H and O–H groups in total. The summed E-state index contributed by atoms with van der Waals surface area (Å²) < 4.78 is 1.02. The van der Waals surface area contributed by atoms with Crippen molar-refractivity contribution < 1.29 is 0 Å². The first-order valence-electron chi connectivity index (χ1n) is 6.63. The van der Waals surface area contributed by atoms with Crippen LogP contribution in [0.1, 0.15) is 24.0 Å². The zero-order chi connectivity index (χ0) is 13.5. The van der Waals surface area contributed by atoms with Crippen LogP contribution in [-0.2, 0) is 12.8 Å². The van der Waals surface area contributed by atoms with E-state index in [-0.39, 0.29) is 6.04 Å². The highest BCUT2D eigenvalue weighted by molar-refractivity contribution is 9.10. The molecule has 1 heterocycles. The summed E-state index contributed by atoms with van der Waals surface area (Å²) in [6.45, 7) is 0. The van der Waals surface area contributed by atoms with E-state index in [0.29, 0.717) is 0 Å². The molecule has 0 radical (unpaired) electrons. The molecule has 19 heavy (non-hydrogen) atoms. The summed E-state index contributed by atoms with van der Waals surface area (Å²) in [6.07, 6.45) is 7.85. The molecule has 0 aliphatic carbocycles. The number of nitrogens with two attached hydrogens (primary N) is 1. The van der Waals surface area contributed by atoms with Gasteiger partial charge in [-0.05, 0) is 58.8 Å². The highest BCUT2D eigenvalue weighted by Crippen LogP contribution is 2.13. The first kappa shape index (κ1) is 14.2. The number of aromatic nitrogens is 1. The second-order valence-corrected chi connectivity index (χ2v) is 5.77. The van der Waals surface area contributed by atoms with Crippen LogP contribution < -0.4 is 5.73 Å². The molecule has 1 aromatic heterocycles. The molecule has 1 unspecified atom stereocenters. The monoisotopic (exact) mass is 318 g/mol. The molecule has 100 valence electrons. The van der Waals surface area contributed by atoms with Crippen molar-refractivity contribution in [3.05, 3.63) is 64.4 Å². The van der Waals surface area contributed by atoms with Crippen LogP contribution >= 0.6 is 15.9 Å². The van der Waals surface area contributed by atoms with Crippen molar-refractivity contribution >= 4 is 15.9 Å². The third-order valence-corrected chi connectivity index (χ3v) is 3.58. The van der Waals surface area contributed by atoms with Crippen LogP contribution in [0.25, 0.3) is 0 Å². The lowest BCUT2D eigenvalue weighted by Gasteiger charge is -2.11. The number of nitrogens with zero attached hydrogens (tertiary/aromatic N) is 1. The van der Waals surface area contributed by atoms with Gasteiger partial charge in [0.05, 0.1) is 0 Å². The van der Waals surface area contributed by atoms with Gasteiger partial charge in [-0.15, -0.1) is 0 Å². The Morgan fingerprint density at radius 1 is 1.11 bits per heavy atom. The Hall–Kier alpha value is -1.19. The van der Waals surface area contributed by atoms with Crippen LogP contribution in [0.2, 0.25) is 0 Å². The fourth-order valence-electron chi connectivity index (χ4n) is 2.19. The zero-order valence-corrected chi connectivity index (χ0v) is 12.5. The SMILES string of the molecule is NC(CCCc1ccccc1)Cc1cncc(Br)c1. The summed E-state index contributed by atoms with van der Waals surface area (Å²) in [5, 5.41) is 0. The summed E-state index contributed by atoms with van der Waals surface area (Å²) >= 11 is 3.43. The number of hydrogen-bond acceptors (Lipinski definition) is 2. The maximum atomic E-state index is 6.18. The van der Waals surface area contributed by atoms with Gasteiger partial charge >= 0.3 is 0 Å². The second kappa shape index (κ2) is 7.41. The Kier molecular flexibility index (Phi) is 5.55. The van der Waals surface area contributed by atoms with Gasteiger partial charge in [-0.2, -0.15) is 0 Å². The van der Waals surface area contributed by atoms with E-state index in [9.17, 15) is 0 Å². The Bertz CT molecular complexity index is 499. The van der Waals surface area contributed by atoms with Gasteiger partial charge in [0.25, 0.3) is 0 Å². The fraction of sp³-hybridized carbons (Fsp3) is 0.312. The summed E-state index contributed by atoms with van der Waals surface area (Å²) in [5.74, 6) is 0. The molecule has 1 aromatic carbocycles. The van der Waals surface area contributed by atoms with Gasteiger partial charge in [-0.25, -0.2) is 0 Å². The Labute approximate surface area is 123 Å². The van der Waals surface area contributed by atoms with Gasteiger partial charge in [-0.3, -0.25) is 4.98 Å². The van der Waals surface area contributed by atoms with Crippen LogP contribution in [0, 0.1) is 0 Å². The van der Waals surface area contributed by atoms with Crippen LogP contribution in [0.5, 0.6) is 0 Å². The largest absolute Gasteiger partial charge is 0.327 e. The minimum atomic E-state index is 0.208. The summed E-state index contributed by atoms with van der Waals surface area (Å²) in [5.41, 5.74) is 8.76. The maximum Gasteiger partial charge on any atom is 0.0410 e. The Balaban J connectivity index is 1.74. The van der Waals surface area contributed by atoms with Gasteiger partial charge in [0.15, 0.2) is 0 Å². The lowest BCUT2D eigenvalue weighted by atomic mass is 10.0. The number of pyridine rings is 1. The van der Waals surface area contributed by atoms with Gasteiger partial charge in [0.2, 0.25) is 0 Å². The Morgan fingerprint density at radius 3 is 2.63 bits per heavy atom. The van der Waals surface area contributed by atoms with Crippen molar-refractivity contribution in [2.45, 2.75) is 31.7 Å². The van der Waals surface area contributed by atoms with Gasteiger partial charge < -0.3 is 5.73 Å². The van der Waals surface area contributed by atoms with E-state index in [0.717, 1.165) is 30.2 Å². The van der Waals surface area contributed by atoms with Crippen molar-refractivity contribution in [2.75, 3.05) is 0 Å². The molecule has 0 saturated carbocycles. The fourth-order valence-corrected chi connectivity index (χ4v) is 2.60. The molecule has 0 spiro atoms. The van der Waals surface area contributed by atoms with Crippen molar-refractivity contribution in [1.29, 1.82) is 0 Å². The molecule has 0 fully saturated rings. The molecule has 0 bridgehead atoms. The lowest BCUT2D eigenvalue weighted by Crippen LogP contribution is -2.22. The summed E-state index contributed by atoms with van der Waals surface area (Å²) in [6, 6.07) is 12.9. The Morgan fingerprint density at radius 2 is 1.89 bits per heavy atom. The van der Waals surface area contributed by atoms with E-state index in [4.69, 9.17) is 5.73 Å². The number of aryl methyl sites for hydroxylation is 1. The van der Waals surface area contributed by atoms with Crippen molar-refractivity contribution in [3.8, 4) is 0 Å². The van der Waals surface area contributed by atoms with Crippen molar-refractivity contribution in [2.24, 2.45) is 5.73 Å². The van der Waals surface area contributed by atoms with Crippen LogP contribution in [0.4, 0.5) is 0 Å². The molecule has 0 amide bonds. The van der Waals surface area contributed by atoms with E-state index in [2.05, 4.69) is 57.3 Å². The first-order valence-corrected chi connectivity index (χ1v) is 7.42. The molecular weight excluding hydrogens is 300 g/mol. The van der Waals surface area contributed by atoms with E-state index < -0.39 is 0 Å². The van der Waals surface area contributed by atoms with Crippen LogP contribution in [0.3, 0.4) is 0 Å². The summed E-state index contributed by atoms with van der Waals surface area (Å²) in [7, 11) is 0. The molecular formula is C16H19BrN2. The molecule has 0 saturated heterocycles. The predicted octanol–water partition coefficient (Wildman–Crippen LogP) is 3.74. The molecule has 3 heteroatoms. The van der Waals surface area contributed by atoms with Gasteiger partial charge in [0, 0.05) is 22.9 Å². The molecule has 0 aliphatic heterocycles. The highest BCUT2D eigenvalue weighted by atomic mass is 79.9. The van der Waals surface area contributed by atoms with E-state index in [1.165, 1.54) is 11.1 Å². The average Bonchev–Trinajstić information content (AvgIpc) is 2.40. The first-order chi connectivity index (χ1) is 9.24. The molecule has 2 nitrogen and oxygen atoms in total. The predicted molar refractivity (Wildman–Crippen MR) is 83.0 cm³/mol. The average molecular weight is 319 g/mol. The minimum absolute atomic E-state index is 0.208. The van der Waals surface area contributed by atoms with Crippen molar-refractivity contribution in [3.63, 3.8) is 0 Å². The zero-order valence-electron chi connectivity index (χ0n) is 10.9. The third-order valence-electron chi connectivity index (χ3n) is 3.14. The lowest BCUT2D eigenvalue weighted by molar-refractivity contribution is 0.579. The third kappa shape index (κ3) is 5.13. The maximum absolute atomic E-state index is 6.18. The summed E-state index contributed by atoms with van der Waals surface area (Å²) in [4.78, 5) is 4.16. The molecule has 2 rings (SSSR count). The van der Waals surface area contributed by atoms with E-state index >= 15 is 0 Å². The molecule has 1 atom stereocenters. The standard InChI is InChI=1S/C16H19BrN2/c17-15-9-14(11-19-12-15)10-16(18)8-4-7-13-5-2-1-3-6-13/h1-3,5-6,9,11-12,16H,4,7-8,10,18H2. The number of rotatable bonds is 6. The molecule has 2 aromatic rings.